The molecule has 2 rings (SSSR count). The van der Waals surface area contributed by atoms with Gasteiger partial charge in [-0.2, -0.15) is 4.98 Å². The molecule has 4 heteroatoms. The van der Waals surface area contributed by atoms with Crippen molar-refractivity contribution >= 4 is 10.9 Å². The average Bonchev–Trinajstić information content (AvgIpc) is 2.15. The Morgan fingerprint density at radius 2 is 2.29 bits per heavy atom. The lowest BCUT2D eigenvalue weighted by molar-refractivity contribution is 0.629. The van der Waals surface area contributed by atoms with Gasteiger partial charge < -0.3 is 4.98 Å². The number of aromatic amines is 1. The van der Waals surface area contributed by atoms with Crippen LogP contribution in [0.2, 0.25) is 0 Å². The topological polar surface area (TPSA) is 45.8 Å². The zero-order valence-electron chi connectivity index (χ0n) is 7.67. The second kappa shape index (κ2) is 3.21. The van der Waals surface area contributed by atoms with Gasteiger partial charge in [0.15, 0.2) is 0 Å². The molecule has 0 aliphatic heterocycles. The highest BCUT2D eigenvalue weighted by Crippen LogP contribution is 2.14. The molecular formula is C10H9FN2O. The Hall–Kier alpha value is -1.71. The zero-order chi connectivity index (χ0) is 10.1. The van der Waals surface area contributed by atoms with E-state index in [4.69, 9.17) is 0 Å². The van der Waals surface area contributed by atoms with E-state index in [-0.39, 0.29) is 5.82 Å². The van der Waals surface area contributed by atoms with Crippen LogP contribution in [0.25, 0.3) is 10.9 Å². The SMILES string of the molecule is CCc1[nH]c(=O)nc2cc(F)ccc12. The van der Waals surface area contributed by atoms with E-state index >= 15 is 0 Å². The number of rotatable bonds is 1. The molecule has 1 aromatic carbocycles. The first-order valence-electron chi connectivity index (χ1n) is 4.39. The predicted molar refractivity (Wildman–Crippen MR) is 51.7 cm³/mol. The van der Waals surface area contributed by atoms with Crippen molar-refractivity contribution in [1.82, 2.24) is 9.97 Å². The number of benzene rings is 1. The fourth-order valence-corrected chi connectivity index (χ4v) is 1.47. The van der Waals surface area contributed by atoms with Crippen molar-refractivity contribution in [2.45, 2.75) is 13.3 Å². The zero-order valence-corrected chi connectivity index (χ0v) is 7.67. The standard InChI is InChI=1S/C10H9FN2O/c1-2-8-7-4-3-6(11)5-9(7)13-10(14)12-8/h3-5H,2H2,1H3,(H,12,13,14). The molecule has 0 fully saturated rings. The van der Waals surface area contributed by atoms with E-state index in [0.717, 1.165) is 11.1 Å². The van der Waals surface area contributed by atoms with Crippen LogP contribution in [0, 0.1) is 5.82 Å². The smallest absolute Gasteiger partial charge is 0.309 e. The van der Waals surface area contributed by atoms with E-state index < -0.39 is 5.69 Å². The van der Waals surface area contributed by atoms with Gasteiger partial charge >= 0.3 is 5.69 Å². The molecule has 0 saturated heterocycles. The van der Waals surface area contributed by atoms with Gasteiger partial charge in [0.1, 0.15) is 5.82 Å². The summed E-state index contributed by atoms with van der Waals surface area (Å²) < 4.78 is 12.9. The largest absolute Gasteiger partial charge is 0.345 e. The van der Waals surface area contributed by atoms with Crippen LogP contribution < -0.4 is 5.69 Å². The maximum Gasteiger partial charge on any atom is 0.345 e. The van der Waals surface area contributed by atoms with Crippen molar-refractivity contribution < 1.29 is 4.39 Å². The summed E-state index contributed by atoms with van der Waals surface area (Å²) in [5.41, 5.74) is 0.769. The van der Waals surface area contributed by atoms with Crippen molar-refractivity contribution in [3.8, 4) is 0 Å². The third-order valence-electron chi connectivity index (χ3n) is 2.12. The Bertz CT molecular complexity index is 533. The number of halogens is 1. The molecule has 2 aromatic rings. The molecule has 14 heavy (non-hydrogen) atoms. The van der Waals surface area contributed by atoms with E-state index in [0.29, 0.717) is 11.9 Å². The maximum absolute atomic E-state index is 12.9. The molecule has 0 atom stereocenters. The second-order valence-electron chi connectivity index (χ2n) is 3.04. The van der Waals surface area contributed by atoms with Crippen LogP contribution in [0.1, 0.15) is 12.6 Å². The van der Waals surface area contributed by atoms with Gasteiger partial charge in [-0.3, -0.25) is 0 Å². The number of fused-ring (bicyclic) bond motifs is 1. The van der Waals surface area contributed by atoms with E-state index in [9.17, 15) is 9.18 Å². The number of aryl methyl sites for hydroxylation is 1. The molecule has 0 unspecified atom stereocenters. The number of H-pyrrole nitrogens is 1. The minimum absolute atomic E-state index is 0.377. The molecular weight excluding hydrogens is 183 g/mol. The fraction of sp³-hybridized carbons (Fsp3) is 0.200. The first-order chi connectivity index (χ1) is 6.70. The molecule has 0 radical (unpaired) electrons. The van der Waals surface area contributed by atoms with Crippen molar-refractivity contribution in [1.29, 1.82) is 0 Å². The molecule has 1 aromatic heterocycles. The summed E-state index contributed by atoms with van der Waals surface area (Å²) in [5, 5.41) is 0.800. The summed E-state index contributed by atoms with van der Waals surface area (Å²) in [4.78, 5) is 17.4. The molecule has 0 aliphatic carbocycles. The van der Waals surface area contributed by atoms with Crippen LogP contribution in [0.4, 0.5) is 4.39 Å². The minimum atomic E-state index is -0.431. The van der Waals surface area contributed by atoms with E-state index in [2.05, 4.69) is 9.97 Å². The highest BCUT2D eigenvalue weighted by atomic mass is 19.1. The molecule has 0 amide bonds. The van der Waals surface area contributed by atoms with Gasteiger partial charge in [0.2, 0.25) is 0 Å². The van der Waals surface area contributed by atoms with Gasteiger partial charge in [0.25, 0.3) is 0 Å². The van der Waals surface area contributed by atoms with Gasteiger partial charge in [-0.05, 0) is 18.6 Å². The summed E-state index contributed by atoms with van der Waals surface area (Å²) in [5.74, 6) is -0.377. The molecule has 0 spiro atoms. The summed E-state index contributed by atoms with van der Waals surface area (Å²) >= 11 is 0. The Balaban J connectivity index is 2.87. The summed E-state index contributed by atoms with van der Waals surface area (Å²) in [6.07, 6.45) is 0.694. The quantitative estimate of drug-likeness (QED) is 0.746. The number of nitrogens with zero attached hydrogens (tertiary/aromatic N) is 1. The van der Waals surface area contributed by atoms with Crippen LogP contribution in [0.15, 0.2) is 23.0 Å². The first-order valence-corrected chi connectivity index (χ1v) is 4.39. The number of hydrogen-bond donors (Lipinski definition) is 1. The number of aromatic nitrogens is 2. The van der Waals surface area contributed by atoms with Crippen LogP contribution >= 0.6 is 0 Å². The minimum Gasteiger partial charge on any atom is -0.309 e. The highest BCUT2D eigenvalue weighted by molar-refractivity contribution is 5.80. The summed E-state index contributed by atoms with van der Waals surface area (Å²) in [7, 11) is 0. The number of nitrogens with one attached hydrogen (secondary N) is 1. The summed E-state index contributed by atoms with van der Waals surface area (Å²) in [6, 6.07) is 4.26. The van der Waals surface area contributed by atoms with Gasteiger partial charge in [-0.1, -0.05) is 6.92 Å². The molecule has 3 nitrogen and oxygen atoms in total. The average molecular weight is 192 g/mol. The lowest BCUT2D eigenvalue weighted by Crippen LogP contribution is -2.12. The maximum atomic E-state index is 12.9. The van der Waals surface area contributed by atoms with Gasteiger partial charge in [-0.25, -0.2) is 9.18 Å². The van der Waals surface area contributed by atoms with E-state index in [1.807, 2.05) is 6.92 Å². The van der Waals surface area contributed by atoms with Crippen LogP contribution in [-0.4, -0.2) is 9.97 Å². The van der Waals surface area contributed by atoms with Gasteiger partial charge in [0, 0.05) is 17.1 Å². The van der Waals surface area contributed by atoms with Crippen molar-refractivity contribution in [3.63, 3.8) is 0 Å². The molecule has 0 saturated carbocycles. The third kappa shape index (κ3) is 1.39. The van der Waals surface area contributed by atoms with Crippen LogP contribution in [0.3, 0.4) is 0 Å². The van der Waals surface area contributed by atoms with Gasteiger partial charge in [-0.15, -0.1) is 0 Å². The third-order valence-corrected chi connectivity index (χ3v) is 2.12. The van der Waals surface area contributed by atoms with E-state index in [1.54, 1.807) is 6.07 Å². The second-order valence-corrected chi connectivity index (χ2v) is 3.04. The van der Waals surface area contributed by atoms with Crippen molar-refractivity contribution in [3.05, 3.63) is 40.2 Å². The van der Waals surface area contributed by atoms with Crippen LogP contribution in [-0.2, 0) is 6.42 Å². The molecule has 0 aliphatic rings. The Kier molecular flexibility index (Phi) is 2.04. The van der Waals surface area contributed by atoms with Crippen LogP contribution in [0.5, 0.6) is 0 Å². The predicted octanol–water partition coefficient (Wildman–Crippen LogP) is 1.62. The normalized spacial score (nSPS) is 10.7. The van der Waals surface area contributed by atoms with E-state index in [1.165, 1.54) is 12.1 Å². The Morgan fingerprint density at radius 3 is 3.00 bits per heavy atom. The van der Waals surface area contributed by atoms with Gasteiger partial charge in [0.05, 0.1) is 5.52 Å². The molecule has 72 valence electrons. The Labute approximate surface area is 79.6 Å². The van der Waals surface area contributed by atoms with Crippen molar-refractivity contribution in [2.24, 2.45) is 0 Å². The Morgan fingerprint density at radius 1 is 1.50 bits per heavy atom. The molecule has 1 heterocycles. The molecule has 1 N–H and O–H groups in total. The first kappa shape index (κ1) is 8.87. The number of hydrogen-bond acceptors (Lipinski definition) is 2. The highest BCUT2D eigenvalue weighted by Gasteiger charge is 2.03. The monoisotopic (exact) mass is 192 g/mol. The lowest BCUT2D eigenvalue weighted by Gasteiger charge is -2.02. The fourth-order valence-electron chi connectivity index (χ4n) is 1.47. The molecule has 0 bridgehead atoms. The lowest BCUT2D eigenvalue weighted by atomic mass is 10.1. The summed E-state index contributed by atoms with van der Waals surface area (Å²) in [6.45, 7) is 1.92. The van der Waals surface area contributed by atoms with Crippen molar-refractivity contribution in [2.75, 3.05) is 0 Å².